The molecule has 1 aromatic rings. The summed E-state index contributed by atoms with van der Waals surface area (Å²) in [4.78, 5) is 3.29. The van der Waals surface area contributed by atoms with Crippen LogP contribution in [0.2, 0.25) is 0 Å². The van der Waals surface area contributed by atoms with E-state index in [4.69, 9.17) is 0 Å². The minimum Gasteiger partial charge on any atom is -0.313 e. The second kappa shape index (κ2) is 3.36. The van der Waals surface area contributed by atoms with Gasteiger partial charge in [-0.25, -0.2) is 4.98 Å². The first-order valence-electron chi connectivity index (χ1n) is 3.08. The van der Waals surface area contributed by atoms with E-state index in [0.717, 1.165) is 0 Å². The van der Waals surface area contributed by atoms with E-state index in [1.165, 1.54) is 0 Å². The van der Waals surface area contributed by atoms with Crippen molar-refractivity contribution in [2.45, 2.75) is 12.7 Å². The van der Waals surface area contributed by atoms with Gasteiger partial charge in [-0.3, -0.25) is 0 Å². The van der Waals surface area contributed by atoms with E-state index in [1.54, 1.807) is 7.05 Å². The third kappa shape index (κ3) is 2.15. The summed E-state index contributed by atoms with van der Waals surface area (Å²) in [6.07, 6.45) is -4.37. The molecule has 7 heteroatoms. The van der Waals surface area contributed by atoms with Crippen molar-refractivity contribution in [3.63, 3.8) is 0 Å². The molecular formula is C5H6F3N3S. The molecule has 0 spiro atoms. The van der Waals surface area contributed by atoms with Crippen molar-refractivity contribution in [2.75, 3.05) is 7.05 Å². The summed E-state index contributed by atoms with van der Waals surface area (Å²) < 4.78 is 39.3. The van der Waals surface area contributed by atoms with E-state index in [9.17, 15) is 13.2 Å². The van der Waals surface area contributed by atoms with E-state index in [-0.39, 0.29) is 12.4 Å². The van der Waals surface area contributed by atoms with Crippen LogP contribution in [0.15, 0.2) is 0 Å². The zero-order valence-corrected chi connectivity index (χ0v) is 6.96. The molecule has 0 aliphatic heterocycles. The lowest BCUT2D eigenvalue weighted by atomic mass is 10.6. The molecule has 0 fully saturated rings. The number of nitrogens with zero attached hydrogens (tertiary/aromatic N) is 2. The SMILES string of the molecule is CNCc1nsc(C(F)(F)F)n1. The van der Waals surface area contributed by atoms with Gasteiger partial charge in [0.05, 0.1) is 6.54 Å². The lowest BCUT2D eigenvalue weighted by Gasteiger charge is -1.97. The molecule has 0 atom stereocenters. The van der Waals surface area contributed by atoms with Crippen molar-refractivity contribution in [2.24, 2.45) is 0 Å². The minimum atomic E-state index is -4.37. The maximum absolute atomic E-state index is 11.9. The Morgan fingerprint density at radius 1 is 1.50 bits per heavy atom. The zero-order chi connectivity index (χ0) is 9.19. The fourth-order valence-corrected chi connectivity index (χ4v) is 1.15. The number of hydrogen-bond donors (Lipinski definition) is 1. The van der Waals surface area contributed by atoms with Gasteiger partial charge in [0.2, 0.25) is 5.01 Å². The van der Waals surface area contributed by atoms with Crippen LogP contribution in [0.3, 0.4) is 0 Å². The van der Waals surface area contributed by atoms with Gasteiger partial charge in [0, 0.05) is 0 Å². The number of aromatic nitrogens is 2. The fourth-order valence-electron chi connectivity index (χ4n) is 0.599. The molecule has 1 heterocycles. The average molecular weight is 197 g/mol. The first-order chi connectivity index (χ1) is 5.54. The summed E-state index contributed by atoms with van der Waals surface area (Å²) in [7, 11) is 1.62. The molecule has 0 amide bonds. The number of nitrogens with one attached hydrogen (secondary N) is 1. The fraction of sp³-hybridized carbons (Fsp3) is 0.600. The van der Waals surface area contributed by atoms with Crippen LogP contribution in [0.5, 0.6) is 0 Å². The minimum absolute atomic E-state index is 0.176. The van der Waals surface area contributed by atoms with Crippen LogP contribution < -0.4 is 5.32 Å². The van der Waals surface area contributed by atoms with E-state index < -0.39 is 11.2 Å². The molecule has 0 aromatic carbocycles. The van der Waals surface area contributed by atoms with E-state index >= 15 is 0 Å². The van der Waals surface area contributed by atoms with Crippen molar-refractivity contribution < 1.29 is 13.2 Å². The predicted octanol–water partition coefficient (Wildman–Crippen LogP) is 1.28. The largest absolute Gasteiger partial charge is 0.444 e. The zero-order valence-electron chi connectivity index (χ0n) is 6.14. The average Bonchev–Trinajstić information content (AvgIpc) is 2.35. The molecule has 0 aliphatic rings. The predicted molar refractivity (Wildman–Crippen MR) is 37.7 cm³/mol. The lowest BCUT2D eigenvalue weighted by molar-refractivity contribution is -0.137. The Bertz CT molecular complexity index is 257. The van der Waals surface area contributed by atoms with Crippen LogP contribution in [0.25, 0.3) is 0 Å². The van der Waals surface area contributed by atoms with Crippen molar-refractivity contribution >= 4 is 11.5 Å². The monoisotopic (exact) mass is 197 g/mol. The van der Waals surface area contributed by atoms with Gasteiger partial charge < -0.3 is 5.32 Å². The number of rotatable bonds is 2. The van der Waals surface area contributed by atoms with Gasteiger partial charge in [0.15, 0.2) is 5.82 Å². The van der Waals surface area contributed by atoms with Crippen molar-refractivity contribution in [3.8, 4) is 0 Å². The molecule has 68 valence electrons. The summed E-state index contributed by atoms with van der Waals surface area (Å²) >= 11 is 0.370. The third-order valence-corrected chi connectivity index (χ3v) is 1.84. The molecule has 1 N–H and O–H groups in total. The van der Waals surface area contributed by atoms with Crippen molar-refractivity contribution in [1.29, 1.82) is 0 Å². The Morgan fingerprint density at radius 2 is 2.17 bits per heavy atom. The van der Waals surface area contributed by atoms with Gasteiger partial charge in [0.1, 0.15) is 0 Å². The molecule has 0 unspecified atom stereocenters. The molecule has 1 rings (SSSR count). The molecule has 1 aromatic heterocycles. The molecule has 0 saturated heterocycles. The van der Waals surface area contributed by atoms with Gasteiger partial charge in [0.25, 0.3) is 0 Å². The molecule has 0 radical (unpaired) electrons. The van der Waals surface area contributed by atoms with E-state index in [1.807, 2.05) is 0 Å². The van der Waals surface area contributed by atoms with Crippen LogP contribution in [0, 0.1) is 0 Å². The van der Waals surface area contributed by atoms with Crippen LogP contribution >= 0.6 is 11.5 Å². The first-order valence-corrected chi connectivity index (χ1v) is 3.85. The molecular weight excluding hydrogens is 191 g/mol. The highest BCUT2D eigenvalue weighted by Crippen LogP contribution is 2.30. The number of alkyl halides is 3. The van der Waals surface area contributed by atoms with Crippen LogP contribution in [0.1, 0.15) is 10.8 Å². The first kappa shape index (κ1) is 9.40. The Labute approximate surface area is 70.8 Å². The highest BCUT2D eigenvalue weighted by atomic mass is 32.1. The van der Waals surface area contributed by atoms with Gasteiger partial charge in [-0.15, -0.1) is 0 Å². The van der Waals surface area contributed by atoms with Gasteiger partial charge in [-0.05, 0) is 18.6 Å². The second-order valence-corrected chi connectivity index (χ2v) is 2.80. The smallest absolute Gasteiger partial charge is 0.313 e. The van der Waals surface area contributed by atoms with Crippen molar-refractivity contribution in [1.82, 2.24) is 14.7 Å². The Kier molecular flexibility index (Phi) is 2.63. The Morgan fingerprint density at radius 3 is 2.58 bits per heavy atom. The van der Waals surface area contributed by atoms with Gasteiger partial charge in [-0.2, -0.15) is 17.5 Å². The lowest BCUT2D eigenvalue weighted by Crippen LogP contribution is -2.08. The summed E-state index contributed by atoms with van der Waals surface area (Å²) in [6, 6.07) is 0. The standard InChI is InChI=1S/C5H6F3N3S/c1-9-2-3-10-4(12-11-3)5(6,7)8/h9H,2H2,1H3. The Hall–Kier alpha value is -0.690. The molecule has 12 heavy (non-hydrogen) atoms. The highest BCUT2D eigenvalue weighted by molar-refractivity contribution is 7.05. The third-order valence-electron chi connectivity index (χ3n) is 1.05. The van der Waals surface area contributed by atoms with Crippen LogP contribution in [-0.4, -0.2) is 16.4 Å². The van der Waals surface area contributed by atoms with Crippen LogP contribution in [0.4, 0.5) is 13.2 Å². The van der Waals surface area contributed by atoms with Crippen molar-refractivity contribution in [3.05, 3.63) is 10.8 Å². The molecule has 0 saturated carbocycles. The quantitative estimate of drug-likeness (QED) is 0.776. The van der Waals surface area contributed by atoms with E-state index in [2.05, 4.69) is 14.7 Å². The maximum Gasteiger partial charge on any atom is 0.444 e. The maximum atomic E-state index is 11.9. The van der Waals surface area contributed by atoms with Crippen LogP contribution in [-0.2, 0) is 12.7 Å². The number of hydrogen-bond acceptors (Lipinski definition) is 4. The van der Waals surface area contributed by atoms with Gasteiger partial charge in [-0.1, -0.05) is 0 Å². The summed E-state index contributed by atoms with van der Waals surface area (Å²) in [6.45, 7) is 0.257. The van der Waals surface area contributed by atoms with E-state index in [0.29, 0.717) is 11.5 Å². The summed E-state index contributed by atoms with van der Waals surface area (Å²) in [5, 5.41) is 1.77. The Balaban J connectivity index is 2.77. The summed E-state index contributed by atoms with van der Waals surface area (Å²) in [5.74, 6) is 0.176. The topological polar surface area (TPSA) is 37.8 Å². The normalized spacial score (nSPS) is 12.0. The highest BCUT2D eigenvalue weighted by Gasteiger charge is 2.35. The summed E-state index contributed by atoms with van der Waals surface area (Å²) in [5.41, 5.74) is 0. The molecule has 3 nitrogen and oxygen atoms in total. The second-order valence-electron chi connectivity index (χ2n) is 2.04. The van der Waals surface area contributed by atoms with Gasteiger partial charge >= 0.3 is 6.18 Å². The molecule has 0 aliphatic carbocycles. The number of halogens is 3. The molecule has 0 bridgehead atoms.